The predicted octanol–water partition coefficient (Wildman–Crippen LogP) is 4.74. The normalized spacial score (nSPS) is 14.3. The van der Waals surface area contributed by atoms with E-state index >= 15 is 0 Å². The van der Waals surface area contributed by atoms with Crippen LogP contribution in [0.15, 0.2) is 83.8 Å². The van der Waals surface area contributed by atoms with E-state index < -0.39 is 0 Å². The second-order valence-electron chi connectivity index (χ2n) is 7.66. The van der Waals surface area contributed by atoms with Crippen LogP contribution in [0.5, 0.6) is 0 Å². The predicted molar refractivity (Wildman–Crippen MR) is 126 cm³/mol. The Morgan fingerprint density at radius 2 is 1.52 bits per heavy atom. The summed E-state index contributed by atoms with van der Waals surface area (Å²) in [6.45, 7) is 5.07. The van der Waals surface area contributed by atoms with E-state index in [9.17, 15) is 4.79 Å². The molecule has 0 aliphatic carbocycles. The van der Waals surface area contributed by atoms with Crippen LogP contribution in [0, 0.1) is 0 Å². The van der Waals surface area contributed by atoms with Crippen molar-refractivity contribution in [3.8, 4) is 0 Å². The summed E-state index contributed by atoms with van der Waals surface area (Å²) in [5, 5.41) is 3.08. The zero-order chi connectivity index (χ0) is 21.3. The van der Waals surface area contributed by atoms with Gasteiger partial charge in [-0.2, -0.15) is 0 Å². The van der Waals surface area contributed by atoms with E-state index in [0.717, 1.165) is 54.6 Å². The van der Waals surface area contributed by atoms with E-state index in [1.165, 1.54) is 11.1 Å². The molecule has 1 N–H and O–H groups in total. The fourth-order valence-electron chi connectivity index (χ4n) is 3.57. The number of ether oxygens (including phenoxy) is 1. The number of rotatable bonds is 8. The van der Waals surface area contributed by atoms with Gasteiger partial charge in [0.05, 0.1) is 18.8 Å². The van der Waals surface area contributed by atoms with E-state index in [-0.39, 0.29) is 5.91 Å². The first-order chi connectivity index (χ1) is 15.3. The molecule has 0 bridgehead atoms. The highest BCUT2D eigenvalue weighted by Crippen LogP contribution is 2.26. The van der Waals surface area contributed by atoms with Gasteiger partial charge >= 0.3 is 0 Å². The molecule has 0 atom stereocenters. The number of carbonyl (C=O) groups is 1. The maximum absolute atomic E-state index is 12.8. The summed E-state index contributed by atoms with van der Waals surface area (Å²) in [5.74, 6) is 0.809. The highest BCUT2D eigenvalue weighted by molar-refractivity contribution is 7.98. The SMILES string of the molecule is O=C(NCc1ccc(CN2CCOCC2)cc1)c1ccccc1SCc1ccccc1. The zero-order valence-corrected chi connectivity index (χ0v) is 18.4. The summed E-state index contributed by atoms with van der Waals surface area (Å²) in [6.07, 6.45) is 0. The van der Waals surface area contributed by atoms with Crippen LogP contribution in [-0.2, 0) is 23.6 Å². The topological polar surface area (TPSA) is 41.6 Å². The molecular weight excluding hydrogens is 404 g/mol. The molecule has 3 aromatic rings. The van der Waals surface area contributed by atoms with Crippen molar-refractivity contribution in [2.24, 2.45) is 0 Å². The van der Waals surface area contributed by atoms with Crippen LogP contribution < -0.4 is 5.32 Å². The minimum absolute atomic E-state index is 0.0337. The molecule has 160 valence electrons. The fraction of sp³-hybridized carbons (Fsp3) is 0.269. The zero-order valence-electron chi connectivity index (χ0n) is 17.6. The number of carbonyl (C=O) groups excluding carboxylic acids is 1. The molecule has 0 radical (unpaired) electrons. The average molecular weight is 433 g/mol. The van der Waals surface area contributed by atoms with Crippen LogP contribution in [-0.4, -0.2) is 37.1 Å². The minimum Gasteiger partial charge on any atom is -0.379 e. The summed E-state index contributed by atoms with van der Waals surface area (Å²) in [5.41, 5.74) is 4.38. The van der Waals surface area contributed by atoms with Crippen molar-refractivity contribution in [3.63, 3.8) is 0 Å². The molecule has 1 saturated heterocycles. The third-order valence-corrected chi connectivity index (χ3v) is 6.50. The Morgan fingerprint density at radius 1 is 0.839 bits per heavy atom. The third kappa shape index (κ3) is 6.44. The van der Waals surface area contributed by atoms with Gasteiger partial charge in [0.1, 0.15) is 0 Å². The molecule has 0 spiro atoms. The standard InChI is InChI=1S/C26H28N2O2S/c29-26(24-8-4-5-9-25(24)31-20-23-6-2-1-3-7-23)27-18-21-10-12-22(13-11-21)19-28-14-16-30-17-15-28/h1-13H,14-20H2,(H,27,29). The molecule has 1 aliphatic heterocycles. The molecular formula is C26H28N2O2S. The molecule has 31 heavy (non-hydrogen) atoms. The smallest absolute Gasteiger partial charge is 0.252 e. The minimum atomic E-state index is -0.0337. The Morgan fingerprint density at radius 3 is 2.29 bits per heavy atom. The first-order valence-electron chi connectivity index (χ1n) is 10.7. The third-order valence-electron chi connectivity index (χ3n) is 5.35. The van der Waals surface area contributed by atoms with Crippen molar-refractivity contribution in [1.29, 1.82) is 0 Å². The molecule has 1 fully saturated rings. The summed E-state index contributed by atoms with van der Waals surface area (Å²) in [4.78, 5) is 16.2. The Bertz CT molecular complexity index is 970. The van der Waals surface area contributed by atoms with Gasteiger partial charge in [-0.3, -0.25) is 9.69 Å². The molecule has 0 aromatic heterocycles. The molecule has 1 aliphatic rings. The lowest BCUT2D eigenvalue weighted by atomic mass is 10.1. The van der Waals surface area contributed by atoms with Gasteiger partial charge in [-0.15, -0.1) is 11.8 Å². The van der Waals surface area contributed by atoms with Crippen LogP contribution in [0.2, 0.25) is 0 Å². The number of amides is 1. The van der Waals surface area contributed by atoms with Gasteiger partial charge in [-0.25, -0.2) is 0 Å². The summed E-state index contributed by atoms with van der Waals surface area (Å²) >= 11 is 1.69. The largest absolute Gasteiger partial charge is 0.379 e. The number of hydrogen-bond donors (Lipinski definition) is 1. The van der Waals surface area contributed by atoms with Gasteiger partial charge in [-0.1, -0.05) is 66.7 Å². The molecule has 3 aromatic carbocycles. The molecule has 1 amide bonds. The lowest BCUT2D eigenvalue weighted by molar-refractivity contribution is 0.0342. The van der Waals surface area contributed by atoms with E-state index in [2.05, 4.69) is 46.6 Å². The van der Waals surface area contributed by atoms with E-state index in [1.807, 2.05) is 42.5 Å². The average Bonchev–Trinajstić information content (AvgIpc) is 2.83. The number of hydrogen-bond acceptors (Lipinski definition) is 4. The van der Waals surface area contributed by atoms with Crippen molar-refractivity contribution < 1.29 is 9.53 Å². The molecule has 1 heterocycles. The monoisotopic (exact) mass is 432 g/mol. The number of nitrogens with zero attached hydrogens (tertiary/aromatic N) is 1. The molecule has 0 unspecified atom stereocenters. The van der Waals surface area contributed by atoms with E-state index in [0.29, 0.717) is 6.54 Å². The van der Waals surface area contributed by atoms with Crippen LogP contribution in [0.25, 0.3) is 0 Å². The van der Waals surface area contributed by atoms with Gasteiger partial charge < -0.3 is 10.1 Å². The first-order valence-corrected chi connectivity index (χ1v) is 11.7. The van der Waals surface area contributed by atoms with E-state index in [4.69, 9.17) is 4.74 Å². The Labute approximate surface area is 188 Å². The van der Waals surface area contributed by atoms with E-state index in [1.54, 1.807) is 11.8 Å². The quantitative estimate of drug-likeness (QED) is 0.522. The van der Waals surface area contributed by atoms with Gasteiger partial charge in [-0.05, 0) is 28.8 Å². The second kappa shape index (κ2) is 11.1. The van der Waals surface area contributed by atoms with Crippen molar-refractivity contribution in [3.05, 3.63) is 101 Å². The van der Waals surface area contributed by atoms with Crippen molar-refractivity contribution in [1.82, 2.24) is 10.2 Å². The van der Waals surface area contributed by atoms with Crippen molar-refractivity contribution in [2.45, 2.75) is 23.7 Å². The Balaban J connectivity index is 1.31. The Hall–Kier alpha value is -2.60. The van der Waals surface area contributed by atoms with Gasteiger partial charge in [0, 0.05) is 36.8 Å². The molecule has 0 saturated carbocycles. The number of benzene rings is 3. The lowest BCUT2D eigenvalue weighted by Crippen LogP contribution is -2.35. The number of thioether (sulfide) groups is 1. The van der Waals surface area contributed by atoms with Gasteiger partial charge in [0.15, 0.2) is 0 Å². The highest BCUT2D eigenvalue weighted by atomic mass is 32.2. The molecule has 5 heteroatoms. The van der Waals surface area contributed by atoms with Crippen LogP contribution in [0.4, 0.5) is 0 Å². The van der Waals surface area contributed by atoms with Crippen molar-refractivity contribution in [2.75, 3.05) is 26.3 Å². The summed E-state index contributed by atoms with van der Waals surface area (Å²) in [7, 11) is 0. The van der Waals surface area contributed by atoms with Gasteiger partial charge in [0.2, 0.25) is 0 Å². The Kier molecular flexibility index (Phi) is 7.77. The second-order valence-corrected chi connectivity index (χ2v) is 8.68. The molecule has 4 nitrogen and oxygen atoms in total. The highest BCUT2D eigenvalue weighted by Gasteiger charge is 2.12. The summed E-state index contributed by atoms with van der Waals surface area (Å²) in [6, 6.07) is 26.7. The number of morpholine rings is 1. The lowest BCUT2D eigenvalue weighted by Gasteiger charge is -2.26. The van der Waals surface area contributed by atoms with Gasteiger partial charge in [0.25, 0.3) is 5.91 Å². The van der Waals surface area contributed by atoms with Crippen LogP contribution in [0.1, 0.15) is 27.0 Å². The maximum atomic E-state index is 12.8. The summed E-state index contributed by atoms with van der Waals surface area (Å²) < 4.78 is 5.41. The molecule has 4 rings (SSSR count). The number of nitrogens with one attached hydrogen (secondary N) is 1. The maximum Gasteiger partial charge on any atom is 0.252 e. The fourth-order valence-corrected chi connectivity index (χ4v) is 4.58. The van der Waals surface area contributed by atoms with Crippen molar-refractivity contribution >= 4 is 17.7 Å². The van der Waals surface area contributed by atoms with Crippen LogP contribution >= 0.6 is 11.8 Å². The van der Waals surface area contributed by atoms with Crippen LogP contribution in [0.3, 0.4) is 0 Å². The first kappa shape index (κ1) is 21.6.